The molecule has 0 radical (unpaired) electrons. The molecule has 1 aliphatic rings. The molecule has 3 aromatic rings. The summed E-state index contributed by atoms with van der Waals surface area (Å²) in [5, 5.41) is 1.01. The lowest BCUT2D eigenvalue weighted by molar-refractivity contribution is 0.319. The second-order valence-electron chi connectivity index (χ2n) is 8.52. The zero-order valence-corrected chi connectivity index (χ0v) is 17.9. The number of rotatable bonds is 5. The van der Waals surface area contributed by atoms with Crippen LogP contribution in [0.2, 0.25) is 5.02 Å². The lowest BCUT2D eigenvalue weighted by atomic mass is 9.77. The van der Waals surface area contributed by atoms with E-state index in [1.165, 1.54) is 49.8 Å². The van der Waals surface area contributed by atoms with E-state index in [1.54, 1.807) is 6.07 Å². The first kappa shape index (κ1) is 21.2. The number of fused-ring (bicyclic) bond motifs is 1. The van der Waals surface area contributed by atoms with Gasteiger partial charge in [-0.1, -0.05) is 55.3 Å². The Kier molecular flexibility index (Phi) is 6.38. The Balaban J connectivity index is 1.51. The molecule has 0 aromatic heterocycles. The first-order valence-electron chi connectivity index (χ1n) is 10.8. The first-order chi connectivity index (χ1) is 14.5. The zero-order valence-electron chi connectivity index (χ0n) is 17.2. The van der Waals surface area contributed by atoms with Crippen molar-refractivity contribution in [2.24, 2.45) is 5.92 Å². The third-order valence-corrected chi connectivity index (χ3v) is 7.04. The fourth-order valence-corrected chi connectivity index (χ4v) is 4.85. The molecule has 4 heteroatoms. The van der Waals surface area contributed by atoms with E-state index >= 15 is 4.39 Å². The number of halogens is 4. The summed E-state index contributed by atoms with van der Waals surface area (Å²) in [5.41, 5.74) is 2.32. The van der Waals surface area contributed by atoms with Gasteiger partial charge in [0.25, 0.3) is 0 Å². The topological polar surface area (TPSA) is 0 Å². The highest BCUT2D eigenvalue weighted by molar-refractivity contribution is 6.30. The number of benzene rings is 3. The Bertz CT molecular complexity index is 1030. The largest absolute Gasteiger partial charge is 0.206 e. The van der Waals surface area contributed by atoms with Crippen LogP contribution in [0.1, 0.15) is 61.6 Å². The lowest BCUT2D eigenvalue weighted by Crippen LogP contribution is -2.12. The van der Waals surface area contributed by atoms with Gasteiger partial charge in [0.05, 0.1) is 0 Å². The molecule has 0 aliphatic heterocycles. The lowest BCUT2D eigenvalue weighted by Gasteiger charge is -2.28. The van der Waals surface area contributed by atoms with Crippen LogP contribution in [0.25, 0.3) is 10.8 Å². The highest BCUT2D eigenvalue weighted by atomic mass is 35.5. The molecule has 4 rings (SSSR count). The minimum Gasteiger partial charge on any atom is -0.206 e. The van der Waals surface area contributed by atoms with Gasteiger partial charge in [0.1, 0.15) is 22.5 Å². The molecule has 3 aromatic carbocycles. The van der Waals surface area contributed by atoms with Crippen molar-refractivity contribution in [2.75, 3.05) is 0 Å². The minimum absolute atomic E-state index is 0.247. The van der Waals surface area contributed by atoms with Gasteiger partial charge >= 0.3 is 0 Å². The Labute approximate surface area is 181 Å². The normalized spacial score (nSPS) is 19.4. The summed E-state index contributed by atoms with van der Waals surface area (Å²) in [6.45, 7) is 2.27. The first-order valence-corrected chi connectivity index (χ1v) is 11.2. The van der Waals surface area contributed by atoms with E-state index < -0.39 is 16.7 Å². The molecular weight excluding hydrogens is 405 g/mol. The molecule has 0 spiro atoms. The molecule has 0 atom stereocenters. The van der Waals surface area contributed by atoms with Gasteiger partial charge in [0.2, 0.25) is 0 Å². The molecule has 158 valence electrons. The van der Waals surface area contributed by atoms with Crippen LogP contribution in [-0.2, 0) is 12.8 Å². The number of hydrogen-bond donors (Lipinski definition) is 0. The van der Waals surface area contributed by atoms with Crippen LogP contribution in [0.3, 0.4) is 0 Å². The van der Waals surface area contributed by atoms with Gasteiger partial charge in [-0.25, -0.2) is 13.2 Å². The third kappa shape index (κ3) is 4.37. The summed E-state index contributed by atoms with van der Waals surface area (Å²) in [6.07, 6.45) is 6.93. The Morgan fingerprint density at radius 2 is 1.57 bits per heavy atom. The predicted molar refractivity (Wildman–Crippen MR) is 118 cm³/mol. The van der Waals surface area contributed by atoms with Gasteiger partial charge < -0.3 is 0 Å². The maximum absolute atomic E-state index is 15.1. The maximum atomic E-state index is 15.1. The van der Waals surface area contributed by atoms with Crippen molar-refractivity contribution in [1.29, 1.82) is 0 Å². The van der Waals surface area contributed by atoms with E-state index in [4.69, 9.17) is 11.6 Å². The molecule has 0 unspecified atom stereocenters. The molecule has 0 nitrogen and oxygen atoms in total. The van der Waals surface area contributed by atoms with Gasteiger partial charge in [0.15, 0.2) is 0 Å². The smallest absolute Gasteiger partial charge is 0.145 e. The molecule has 0 amide bonds. The van der Waals surface area contributed by atoms with Crippen LogP contribution >= 0.6 is 11.6 Å². The van der Waals surface area contributed by atoms with Gasteiger partial charge in [0, 0.05) is 5.39 Å². The van der Waals surface area contributed by atoms with Crippen LogP contribution in [-0.4, -0.2) is 0 Å². The van der Waals surface area contributed by atoms with Crippen molar-refractivity contribution < 1.29 is 13.2 Å². The zero-order chi connectivity index (χ0) is 21.3. The van der Waals surface area contributed by atoms with Crippen LogP contribution in [0.5, 0.6) is 0 Å². The highest BCUT2D eigenvalue weighted by Crippen LogP contribution is 2.38. The van der Waals surface area contributed by atoms with E-state index in [9.17, 15) is 8.78 Å². The maximum Gasteiger partial charge on any atom is 0.145 e. The molecule has 1 saturated carbocycles. The molecule has 30 heavy (non-hydrogen) atoms. The molecule has 0 bridgehead atoms. The Morgan fingerprint density at radius 1 is 0.867 bits per heavy atom. The van der Waals surface area contributed by atoms with E-state index in [0.717, 1.165) is 11.3 Å². The van der Waals surface area contributed by atoms with Crippen molar-refractivity contribution in [3.8, 4) is 0 Å². The van der Waals surface area contributed by atoms with Crippen LogP contribution < -0.4 is 0 Å². The van der Waals surface area contributed by atoms with E-state index in [-0.39, 0.29) is 5.82 Å². The molecule has 1 fully saturated rings. The van der Waals surface area contributed by atoms with Crippen LogP contribution in [0.15, 0.2) is 42.5 Å². The predicted octanol–water partition coefficient (Wildman–Crippen LogP) is 8.38. The van der Waals surface area contributed by atoms with Crippen molar-refractivity contribution in [1.82, 2.24) is 0 Å². The third-order valence-electron chi connectivity index (χ3n) is 6.68. The van der Waals surface area contributed by atoms with Crippen molar-refractivity contribution in [3.05, 3.63) is 81.6 Å². The fraction of sp³-hybridized carbons (Fsp3) is 0.385. The Hall–Kier alpha value is -2.00. The molecular formula is C26H26ClF3. The highest BCUT2D eigenvalue weighted by Gasteiger charge is 2.21. The van der Waals surface area contributed by atoms with Crippen LogP contribution in [0, 0.1) is 23.4 Å². The van der Waals surface area contributed by atoms with Crippen LogP contribution in [0.4, 0.5) is 13.2 Å². The average molecular weight is 431 g/mol. The molecule has 0 N–H and O–H groups in total. The number of aryl methyl sites for hydroxylation is 2. The SMILES string of the molecule is CCC1CCC(c2ccc3c(F)c(CCc4cc(F)c(Cl)c(F)c4)ccc3c2)CC1. The van der Waals surface area contributed by atoms with Crippen molar-refractivity contribution in [3.63, 3.8) is 0 Å². The van der Waals surface area contributed by atoms with Gasteiger partial charge in [-0.3, -0.25) is 0 Å². The minimum atomic E-state index is -0.786. The summed E-state index contributed by atoms with van der Waals surface area (Å²) in [7, 11) is 0. The quantitative estimate of drug-likeness (QED) is 0.356. The molecule has 1 aliphatic carbocycles. The Morgan fingerprint density at radius 3 is 2.23 bits per heavy atom. The van der Waals surface area contributed by atoms with E-state index in [2.05, 4.69) is 19.1 Å². The van der Waals surface area contributed by atoms with Gasteiger partial charge in [-0.05, 0) is 84.6 Å². The summed E-state index contributed by atoms with van der Waals surface area (Å²) >= 11 is 5.53. The second-order valence-corrected chi connectivity index (χ2v) is 8.90. The van der Waals surface area contributed by atoms with Gasteiger partial charge in [-0.2, -0.15) is 0 Å². The summed E-state index contributed by atoms with van der Waals surface area (Å²) < 4.78 is 42.4. The fourth-order valence-electron chi connectivity index (χ4n) is 4.74. The summed E-state index contributed by atoms with van der Waals surface area (Å²) in [6, 6.07) is 12.3. The second kappa shape index (κ2) is 9.01. The summed E-state index contributed by atoms with van der Waals surface area (Å²) in [5.74, 6) is -0.403. The van der Waals surface area contributed by atoms with E-state index in [1.807, 2.05) is 12.1 Å². The molecule has 0 heterocycles. The standard InChI is InChI=1S/C26H26ClF3/c1-2-16-3-6-18(7-4-16)20-11-12-22-21(15-20)10-9-19(26(22)30)8-5-17-13-23(28)25(27)24(29)14-17/h9-16,18H,2-8H2,1H3. The van der Waals surface area contributed by atoms with E-state index in [0.29, 0.717) is 35.3 Å². The van der Waals surface area contributed by atoms with Gasteiger partial charge in [-0.15, -0.1) is 0 Å². The monoisotopic (exact) mass is 430 g/mol. The van der Waals surface area contributed by atoms with Crippen molar-refractivity contribution >= 4 is 22.4 Å². The average Bonchev–Trinajstić information content (AvgIpc) is 2.76. The molecule has 0 saturated heterocycles. The summed E-state index contributed by atoms with van der Waals surface area (Å²) in [4.78, 5) is 0. The number of hydrogen-bond acceptors (Lipinski definition) is 0. The van der Waals surface area contributed by atoms with Crippen molar-refractivity contribution in [2.45, 2.75) is 57.8 Å².